The lowest BCUT2D eigenvalue weighted by atomic mass is 9.75. The fourth-order valence-corrected chi connectivity index (χ4v) is 2.88. The van der Waals surface area contributed by atoms with Crippen molar-refractivity contribution in [2.75, 3.05) is 7.05 Å². The topological polar surface area (TPSA) is 37.4 Å². The number of fused-ring (bicyclic) bond motifs is 1. The van der Waals surface area contributed by atoms with Gasteiger partial charge in [0, 0.05) is 7.05 Å². The summed E-state index contributed by atoms with van der Waals surface area (Å²) in [4.78, 5) is 25.1. The minimum atomic E-state index is -0.387. The van der Waals surface area contributed by atoms with Gasteiger partial charge >= 0.3 is 0 Å². The molecular formula is C11H17NO2. The average molecular weight is 195 g/mol. The normalized spacial score (nSPS) is 38.4. The Morgan fingerprint density at radius 1 is 1.29 bits per heavy atom. The Kier molecular flexibility index (Phi) is 2.13. The molecule has 0 aromatic heterocycles. The van der Waals surface area contributed by atoms with Crippen molar-refractivity contribution in [3.05, 3.63) is 0 Å². The Morgan fingerprint density at radius 3 is 2.71 bits per heavy atom. The van der Waals surface area contributed by atoms with Gasteiger partial charge in [-0.3, -0.25) is 14.5 Å². The van der Waals surface area contributed by atoms with Gasteiger partial charge in [-0.05, 0) is 19.8 Å². The van der Waals surface area contributed by atoms with E-state index < -0.39 is 0 Å². The first-order valence-electron chi connectivity index (χ1n) is 5.39. The highest BCUT2D eigenvalue weighted by molar-refractivity contribution is 6.06. The molecule has 78 valence electrons. The van der Waals surface area contributed by atoms with Crippen molar-refractivity contribution in [2.24, 2.45) is 11.3 Å². The largest absolute Gasteiger partial charge is 0.285 e. The summed E-state index contributed by atoms with van der Waals surface area (Å²) in [7, 11) is 1.62. The number of nitrogens with zero attached hydrogens (tertiary/aromatic N) is 1. The molecule has 0 unspecified atom stereocenters. The predicted octanol–water partition coefficient (Wildman–Crippen LogP) is 1.57. The van der Waals surface area contributed by atoms with Gasteiger partial charge in [0.15, 0.2) is 0 Å². The lowest BCUT2D eigenvalue weighted by Crippen LogP contribution is -2.32. The molecule has 14 heavy (non-hydrogen) atoms. The van der Waals surface area contributed by atoms with Gasteiger partial charge in [0.1, 0.15) is 0 Å². The summed E-state index contributed by atoms with van der Waals surface area (Å²) in [6, 6.07) is 0. The second-order valence-electron chi connectivity index (χ2n) is 4.77. The summed E-state index contributed by atoms with van der Waals surface area (Å²) in [6.07, 6.45) is 5.11. The number of hydrogen-bond donors (Lipinski definition) is 0. The third-order valence-corrected chi connectivity index (χ3v) is 3.88. The molecule has 1 saturated heterocycles. The summed E-state index contributed by atoms with van der Waals surface area (Å²) in [6.45, 7) is 1.96. The Hall–Kier alpha value is -0.860. The molecule has 0 aromatic carbocycles. The fraction of sp³-hybridized carbons (Fsp3) is 0.818. The molecule has 3 heteroatoms. The molecule has 1 heterocycles. The summed E-state index contributed by atoms with van der Waals surface area (Å²) in [5.74, 6) is 0.0382. The minimum absolute atomic E-state index is 0.0365. The van der Waals surface area contributed by atoms with Gasteiger partial charge in [-0.1, -0.05) is 19.3 Å². The molecule has 1 aliphatic carbocycles. The van der Waals surface area contributed by atoms with Crippen molar-refractivity contribution in [1.82, 2.24) is 4.90 Å². The zero-order valence-electron chi connectivity index (χ0n) is 8.88. The van der Waals surface area contributed by atoms with E-state index in [0.29, 0.717) is 0 Å². The summed E-state index contributed by atoms with van der Waals surface area (Å²) in [5.41, 5.74) is -0.387. The molecule has 2 fully saturated rings. The third kappa shape index (κ3) is 1.11. The summed E-state index contributed by atoms with van der Waals surface area (Å²) < 4.78 is 0. The van der Waals surface area contributed by atoms with Crippen molar-refractivity contribution in [3.8, 4) is 0 Å². The van der Waals surface area contributed by atoms with Crippen LogP contribution >= 0.6 is 0 Å². The quantitative estimate of drug-likeness (QED) is 0.550. The van der Waals surface area contributed by atoms with Crippen LogP contribution in [-0.2, 0) is 9.59 Å². The van der Waals surface area contributed by atoms with Gasteiger partial charge in [0.25, 0.3) is 0 Å². The number of hydrogen-bond acceptors (Lipinski definition) is 2. The molecule has 0 bridgehead atoms. The van der Waals surface area contributed by atoms with E-state index in [9.17, 15) is 9.59 Å². The van der Waals surface area contributed by atoms with Crippen LogP contribution in [0.3, 0.4) is 0 Å². The van der Waals surface area contributed by atoms with Gasteiger partial charge in [0.2, 0.25) is 11.8 Å². The van der Waals surface area contributed by atoms with Crippen LogP contribution in [0.15, 0.2) is 0 Å². The lowest BCUT2D eigenvalue weighted by molar-refractivity contribution is -0.139. The van der Waals surface area contributed by atoms with Crippen molar-refractivity contribution in [3.63, 3.8) is 0 Å². The molecule has 2 atom stereocenters. The van der Waals surface area contributed by atoms with Crippen molar-refractivity contribution in [2.45, 2.75) is 39.0 Å². The van der Waals surface area contributed by atoms with Crippen LogP contribution in [0.2, 0.25) is 0 Å². The van der Waals surface area contributed by atoms with E-state index in [4.69, 9.17) is 0 Å². The lowest BCUT2D eigenvalue weighted by Gasteiger charge is -2.24. The SMILES string of the molecule is CN1C(=O)[C@@H]2CCCCC[C@]2(C)C1=O. The Morgan fingerprint density at radius 2 is 2.00 bits per heavy atom. The van der Waals surface area contributed by atoms with E-state index in [1.54, 1.807) is 7.05 Å². The smallest absolute Gasteiger partial charge is 0.235 e. The Labute approximate surface area is 84.5 Å². The number of carbonyl (C=O) groups excluding carboxylic acids is 2. The van der Waals surface area contributed by atoms with Gasteiger partial charge in [0.05, 0.1) is 11.3 Å². The van der Waals surface area contributed by atoms with Crippen molar-refractivity contribution >= 4 is 11.8 Å². The van der Waals surface area contributed by atoms with Crippen molar-refractivity contribution in [1.29, 1.82) is 0 Å². The molecule has 2 amide bonds. The molecule has 0 N–H and O–H groups in total. The van der Waals surface area contributed by atoms with E-state index in [0.717, 1.165) is 32.1 Å². The maximum atomic E-state index is 11.9. The maximum Gasteiger partial charge on any atom is 0.235 e. The number of rotatable bonds is 0. The maximum absolute atomic E-state index is 11.9. The first-order valence-corrected chi connectivity index (χ1v) is 5.39. The molecule has 0 radical (unpaired) electrons. The van der Waals surface area contributed by atoms with E-state index in [1.807, 2.05) is 6.92 Å². The highest BCUT2D eigenvalue weighted by atomic mass is 16.2. The molecule has 1 saturated carbocycles. The van der Waals surface area contributed by atoms with Crippen LogP contribution in [0.5, 0.6) is 0 Å². The number of carbonyl (C=O) groups is 2. The van der Waals surface area contributed by atoms with Gasteiger partial charge in [-0.2, -0.15) is 0 Å². The first-order chi connectivity index (χ1) is 6.57. The van der Waals surface area contributed by atoms with E-state index in [-0.39, 0.29) is 23.1 Å². The van der Waals surface area contributed by atoms with Crippen LogP contribution in [0.4, 0.5) is 0 Å². The zero-order valence-corrected chi connectivity index (χ0v) is 8.88. The Balaban J connectivity index is 2.36. The highest BCUT2D eigenvalue weighted by Gasteiger charge is 2.54. The van der Waals surface area contributed by atoms with Crippen LogP contribution in [0.1, 0.15) is 39.0 Å². The van der Waals surface area contributed by atoms with Gasteiger partial charge in [-0.25, -0.2) is 0 Å². The molecule has 1 aliphatic heterocycles. The van der Waals surface area contributed by atoms with Gasteiger partial charge < -0.3 is 0 Å². The molecule has 3 nitrogen and oxygen atoms in total. The van der Waals surface area contributed by atoms with Crippen LogP contribution in [0, 0.1) is 11.3 Å². The predicted molar refractivity (Wildman–Crippen MR) is 52.5 cm³/mol. The number of imide groups is 1. The summed E-state index contributed by atoms with van der Waals surface area (Å²) in [5, 5.41) is 0. The standard InChI is InChI=1S/C11H17NO2/c1-11-7-5-3-4-6-8(11)9(13)12(2)10(11)14/h8H,3-7H2,1-2H3/t8-,11-/m0/s1. The molecule has 2 aliphatic rings. The molecule has 0 aromatic rings. The second kappa shape index (κ2) is 3.07. The molecule has 2 rings (SSSR count). The van der Waals surface area contributed by atoms with E-state index in [2.05, 4.69) is 0 Å². The van der Waals surface area contributed by atoms with Gasteiger partial charge in [-0.15, -0.1) is 0 Å². The first kappa shape index (κ1) is 9.69. The number of amides is 2. The zero-order chi connectivity index (χ0) is 10.3. The van der Waals surface area contributed by atoms with Crippen LogP contribution < -0.4 is 0 Å². The molecular weight excluding hydrogens is 178 g/mol. The van der Waals surface area contributed by atoms with E-state index >= 15 is 0 Å². The van der Waals surface area contributed by atoms with Crippen LogP contribution in [-0.4, -0.2) is 23.8 Å². The average Bonchev–Trinajstić information content (AvgIpc) is 2.38. The second-order valence-corrected chi connectivity index (χ2v) is 4.77. The Bertz CT molecular complexity index is 287. The molecule has 0 spiro atoms. The highest BCUT2D eigenvalue weighted by Crippen LogP contribution is 2.46. The monoisotopic (exact) mass is 195 g/mol. The van der Waals surface area contributed by atoms with Crippen molar-refractivity contribution < 1.29 is 9.59 Å². The third-order valence-electron chi connectivity index (χ3n) is 3.88. The summed E-state index contributed by atoms with van der Waals surface area (Å²) >= 11 is 0. The van der Waals surface area contributed by atoms with E-state index in [1.165, 1.54) is 4.90 Å². The van der Waals surface area contributed by atoms with Crippen LogP contribution in [0.25, 0.3) is 0 Å². The minimum Gasteiger partial charge on any atom is -0.285 e. The number of likely N-dealkylation sites (tertiary alicyclic amines) is 1. The fourth-order valence-electron chi connectivity index (χ4n) is 2.88.